The van der Waals surface area contributed by atoms with Crippen molar-refractivity contribution < 1.29 is 31.1 Å². The second-order valence-corrected chi connectivity index (χ2v) is 10.4. The number of amides is 1. The average Bonchev–Trinajstić information content (AvgIpc) is 2.82. The van der Waals surface area contributed by atoms with Crippen LogP contribution < -0.4 is 14.5 Å². The Kier molecular flexibility index (Phi) is 9.06. The first-order chi connectivity index (χ1) is 17.3. The molecule has 7 nitrogen and oxygen atoms in total. The highest BCUT2D eigenvalue weighted by Gasteiger charge is 2.33. The molecule has 0 aromatic heterocycles. The van der Waals surface area contributed by atoms with E-state index in [1.807, 2.05) is 18.2 Å². The molecule has 3 aromatic rings. The van der Waals surface area contributed by atoms with Gasteiger partial charge < -0.3 is 4.74 Å². The number of sulfonamides is 1. The van der Waals surface area contributed by atoms with E-state index in [0.717, 1.165) is 17.9 Å². The Balaban J connectivity index is 1.63. The number of hydrogen-bond acceptors (Lipinski definition) is 5. The Morgan fingerprint density at radius 1 is 1.05 bits per heavy atom. The van der Waals surface area contributed by atoms with Gasteiger partial charge in [-0.3, -0.25) is 9.10 Å². The van der Waals surface area contributed by atoms with E-state index in [9.17, 15) is 26.4 Å². The molecular weight excluding hydrogens is 554 g/mol. The molecule has 0 saturated heterocycles. The van der Waals surface area contributed by atoms with E-state index in [4.69, 9.17) is 27.9 Å². The van der Waals surface area contributed by atoms with E-state index in [2.05, 4.69) is 10.5 Å². The Hall–Kier alpha value is -3.28. The fourth-order valence-corrected chi connectivity index (χ4v) is 4.35. The number of hydrazone groups is 1. The van der Waals surface area contributed by atoms with Crippen LogP contribution in [0.3, 0.4) is 0 Å². The van der Waals surface area contributed by atoms with Crippen molar-refractivity contribution in [2.75, 3.05) is 17.1 Å². The highest BCUT2D eigenvalue weighted by molar-refractivity contribution is 7.92. The second-order valence-electron chi connectivity index (χ2n) is 7.68. The highest BCUT2D eigenvalue weighted by Crippen LogP contribution is 2.36. The Bertz CT molecular complexity index is 1400. The number of carbonyl (C=O) groups excluding carboxylic acids is 1. The zero-order valence-electron chi connectivity index (χ0n) is 19.2. The van der Waals surface area contributed by atoms with Crippen molar-refractivity contribution in [2.24, 2.45) is 5.10 Å². The minimum atomic E-state index is -4.73. The lowest BCUT2D eigenvalue weighted by molar-refractivity contribution is -0.137. The number of halogens is 5. The van der Waals surface area contributed by atoms with Gasteiger partial charge in [0.25, 0.3) is 5.91 Å². The van der Waals surface area contributed by atoms with Crippen molar-refractivity contribution in [1.82, 2.24) is 5.43 Å². The van der Waals surface area contributed by atoms with Gasteiger partial charge in [-0.25, -0.2) is 13.8 Å². The lowest BCUT2D eigenvalue weighted by Gasteiger charge is -2.23. The zero-order chi connectivity index (χ0) is 27.2. The van der Waals surface area contributed by atoms with E-state index in [0.29, 0.717) is 32.8 Å². The molecule has 0 radical (unpaired) electrons. The smallest absolute Gasteiger partial charge is 0.416 e. The maximum absolute atomic E-state index is 13.1. The Labute approximate surface area is 221 Å². The molecule has 3 aromatic carbocycles. The number of nitrogens with one attached hydrogen (secondary N) is 1. The molecule has 196 valence electrons. The van der Waals surface area contributed by atoms with Gasteiger partial charge in [0, 0.05) is 10.6 Å². The quantitative estimate of drug-likeness (QED) is 0.270. The molecule has 0 heterocycles. The standard InChI is InChI=1S/C24H20Cl2F3N3O4S/c1-37(34,35)32(22-12-18(24(27,28)29)8-11-21(22)26)14-23(33)31-30-13-16-6-9-19(10-7-16)36-15-17-4-2-3-5-20(17)25/h2-13H,14-15H2,1H3,(H,31,33)/b30-13+. The second kappa shape index (κ2) is 11.8. The van der Waals surface area contributed by atoms with Crippen LogP contribution in [0.1, 0.15) is 16.7 Å². The molecule has 0 atom stereocenters. The van der Waals surface area contributed by atoms with Crippen molar-refractivity contribution in [3.05, 3.63) is 93.5 Å². The van der Waals surface area contributed by atoms with Gasteiger partial charge in [-0.2, -0.15) is 18.3 Å². The summed E-state index contributed by atoms with van der Waals surface area (Å²) in [5.41, 5.74) is 1.97. The van der Waals surface area contributed by atoms with Crippen LogP contribution in [0.5, 0.6) is 5.75 Å². The number of alkyl halides is 3. The molecule has 1 amide bonds. The summed E-state index contributed by atoms with van der Waals surface area (Å²) in [5, 5.41) is 4.09. The van der Waals surface area contributed by atoms with Crippen LogP contribution in [-0.4, -0.2) is 33.3 Å². The topological polar surface area (TPSA) is 88.1 Å². The first-order valence-corrected chi connectivity index (χ1v) is 13.1. The van der Waals surface area contributed by atoms with Crippen molar-refractivity contribution in [1.29, 1.82) is 0 Å². The van der Waals surface area contributed by atoms with Crippen LogP contribution in [0, 0.1) is 0 Å². The summed E-state index contributed by atoms with van der Waals surface area (Å²) in [6.45, 7) is -0.568. The van der Waals surface area contributed by atoms with Crippen molar-refractivity contribution in [2.45, 2.75) is 12.8 Å². The molecule has 0 spiro atoms. The van der Waals surface area contributed by atoms with Crippen LogP contribution in [0.25, 0.3) is 0 Å². The first-order valence-electron chi connectivity index (χ1n) is 10.5. The number of nitrogens with zero attached hydrogens (tertiary/aromatic N) is 2. The molecule has 0 aliphatic carbocycles. The first kappa shape index (κ1) is 28.3. The predicted octanol–water partition coefficient (Wildman–Crippen LogP) is 5.51. The molecule has 1 N–H and O–H groups in total. The van der Waals surface area contributed by atoms with Crippen LogP contribution >= 0.6 is 23.2 Å². The molecule has 0 saturated carbocycles. The largest absolute Gasteiger partial charge is 0.489 e. The molecular formula is C24H20Cl2F3N3O4S. The maximum atomic E-state index is 13.1. The summed E-state index contributed by atoms with van der Waals surface area (Å²) in [5.74, 6) is -0.322. The van der Waals surface area contributed by atoms with Crippen molar-refractivity contribution in [3.8, 4) is 5.75 Å². The van der Waals surface area contributed by atoms with E-state index >= 15 is 0 Å². The Morgan fingerprint density at radius 3 is 2.35 bits per heavy atom. The molecule has 0 aliphatic rings. The zero-order valence-corrected chi connectivity index (χ0v) is 21.5. The fourth-order valence-electron chi connectivity index (χ4n) is 3.03. The Morgan fingerprint density at radius 2 is 1.73 bits per heavy atom. The summed E-state index contributed by atoms with van der Waals surface area (Å²) in [6, 6.07) is 16.2. The third-order valence-electron chi connectivity index (χ3n) is 4.86. The molecule has 37 heavy (non-hydrogen) atoms. The third kappa shape index (κ3) is 8.11. The van der Waals surface area contributed by atoms with Gasteiger partial charge in [-0.15, -0.1) is 0 Å². The highest BCUT2D eigenvalue weighted by atomic mass is 35.5. The lowest BCUT2D eigenvalue weighted by atomic mass is 10.2. The molecule has 13 heteroatoms. The summed E-state index contributed by atoms with van der Waals surface area (Å²) in [4.78, 5) is 12.3. The third-order valence-corrected chi connectivity index (χ3v) is 6.68. The van der Waals surface area contributed by atoms with Gasteiger partial charge in [0.1, 0.15) is 18.9 Å². The minimum absolute atomic E-state index is 0.272. The van der Waals surface area contributed by atoms with E-state index in [1.54, 1.807) is 30.3 Å². The summed E-state index contributed by atoms with van der Waals surface area (Å²) in [6.07, 6.45) is -2.68. The van der Waals surface area contributed by atoms with Crippen LogP contribution in [0.2, 0.25) is 10.0 Å². The molecule has 0 aliphatic heterocycles. The molecule has 0 unspecified atom stereocenters. The molecule has 3 rings (SSSR count). The molecule has 0 bridgehead atoms. The SMILES string of the molecule is CS(=O)(=O)N(CC(=O)N/N=C/c1ccc(OCc2ccccc2Cl)cc1)c1cc(C(F)(F)F)ccc1Cl. The summed E-state index contributed by atoms with van der Waals surface area (Å²) < 4.78 is 69.9. The number of benzene rings is 3. The van der Waals surface area contributed by atoms with Gasteiger partial charge in [0.05, 0.1) is 28.7 Å². The van der Waals surface area contributed by atoms with Crippen LogP contribution in [0.15, 0.2) is 71.8 Å². The normalized spacial score (nSPS) is 11.9. The fraction of sp³-hybridized carbons (Fsp3) is 0.167. The molecule has 0 fully saturated rings. The van der Waals surface area contributed by atoms with Crippen LogP contribution in [0.4, 0.5) is 18.9 Å². The van der Waals surface area contributed by atoms with Crippen LogP contribution in [-0.2, 0) is 27.6 Å². The van der Waals surface area contributed by atoms with Gasteiger partial charge in [-0.05, 0) is 54.1 Å². The van der Waals surface area contributed by atoms with Gasteiger partial charge in [-0.1, -0.05) is 41.4 Å². The van der Waals surface area contributed by atoms with E-state index < -0.39 is 39.9 Å². The van der Waals surface area contributed by atoms with Gasteiger partial charge in [0.2, 0.25) is 10.0 Å². The summed E-state index contributed by atoms with van der Waals surface area (Å²) >= 11 is 12.0. The van der Waals surface area contributed by atoms with Gasteiger partial charge in [0.15, 0.2) is 0 Å². The maximum Gasteiger partial charge on any atom is 0.416 e. The number of rotatable bonds is 9. The average molecular weight is 574 g/mol. The van der Waals surface area contributed by atoms with E-state index in [-0.39, 0.29) is 11.6 Å². The summed E-state index contributed by atoms with van der Waals surface area (Å²) in [7, 11) is -4.16. The van der Waals surface area contributed by atoms with Crippen molar-refractivity contribution in [3.63, 3.8) is 0 Å². The minimum Gasteiger partial charge on any atom is -0.489 e. The van der Waals surface area contributed by atoms with Crippen molar-refractivity contribution >= 4 is 51.0 Å². The number of carbonyl (C=O) groups is 1. The lowest BCUT2D eigenvalue weighted by Crippen LogP contribution is -2.39. The number of ether oxygens (including phenoxy) is 1. The number of anilines is 1. The number of hydrogen-bond donors (Lipinski definition) is 1. The van der Waals surface area contributed by atoms with Gasteiger partial charge >= 0.3 is 6.18 Å². The van der Waals surface area contributed by atoms with E-state index in [1.165, 1.54) is 6.21 Å². The monoisotopic (exact) mass is 573 g/mol. The predicted molar refractivity (Wildman–Crippen MR) is 137 cm³/mol.